The maximum Gasteiger partial charge on any atom is 0.272 e. The molecule has 29 heavy (non-hydrogen) atoms. The molecule has 0 aliphatic heterocycles. The van der Waals surface area contributed by atoms with Crippen LogP contribution in [0.15, 0.2) is 11.4 Å². The molecule has 11 heteroatoms. The number of hydrogen-bond donors (Lipinski definition) is 1. The Morgan fingerprint density at radius 1 is 1.21 bits per heavy atom. The molecular weight excluding hydrogens is 422 g/mol. The Labute approximate surface area is 172 Å². The van der Waals surface area contributed by atoms with Gasteiger partial charge in [-0.15, -0.1) is 11.3 Å². The Kier molecular flexibility index (Phi) is 5.56. The predicted octanol–water partition coefficient (Wildman–Crippen LogP) is 3.94. The molecular formula is C18H22F2N4O3S2. The molecule has 0 radical (unpaired) electrons. The standard InChI is InChI=1S/C18H22F2N4O3S2/c1-27-29(25,26)10-13-8-15(21-12-4-6-18(19,20)7-5-12)24-16(22-13)17-23-14(9-28-17)11-2-3-11/h8-9,11-12H,2-7,10H2,1H3,(H,21,22,24). The van der Waals surface area contributed by atoms with Crippen LogP contribution in [0.5, 0.6) is 0 Å². The first kappa shape index (κ1) is 20.5. The SMILES string of the molecule is COS(=O)(=O)Cc1cc(NC2CCC(F)(F)CC2)nc(-c2nc(C3CC3)cs2)n1. The summed E-state index contributed by atoms with van der Waals surface area (Å²) >= 11 is 1.41. The summed E-state index contributed by atoms with van der Waals surface area (Å²) in [6, 6.07) is 1.38. The molecule has 2 aliphatic carbocycles. The van der Waals surface area contributed by atoms with Gasteiger partial charge in [0.25, 0.3) is 10.1 Å². The van der Waals surface area contributed by atoms with Gasteiger partial charge in [-0.05, 0) is 25.7 Å². The van der Waals surface area contributed by atoms with Gasteiger partial charge in [0.15, 0.2) is 10.8 Å². The van der Waals surface area contributed by atoms with Crippen LogP contribution in [0.2, 0.25) is 0 Å². The zero-order valence-electron chi connectivity index (χ0n) is 15.9. The van der Waals surface area contributed by atoms with E-state index in [9.17, 15) is 17.2 Å². The molecule has 0 aromatic carbocycles. The van der Waals surface area contributed by atoms with E-state index in [0.29, 0.717) is 35.4 Å². The first-order chi connectivity index (χ1) is 13.7. The third-order valence-corrected chi connectivity index (χ3v) is 7.15. The zero-order valence-corrected chi connectivity index (χ0v) is 17.5. The largest absolute Gasteiger partial charge is 0.367 e. The molecule has 2 fully saturated rings. The maximum absolute atomic E-state index is 13.4. The van der Waals surface area contributed by atoms with Gasteiger partial charge < -0.3 is 5.32 Å². The molecule has 2 saturated carbocycles. The van der Waals surface area contributed by atoms with Crippen LogP contribution in [0.1, 0.15) is 55.8 Å². The lowest BCUT2D eigenvalue weighted by Gasteiger charge is -2.29. The van der Waals surface area contributed by atoms with Gasteiger partial charge in [-0.25, -0.2) is 23.7 Å². The first-order valence-electron chi connectivity index (χ1n) is 9.49. The second-order valence-corrected chi connectivity index (χ2v) is 10.2. The minimum absolute atomic E-state index is 0.150. The number of rotatable bonds is 7. The second-order valence-electron chi connectivity index (χ2n) is 7.56. The average molecular weight is 445 g/mol. The summed E-state index contributed by atoms with van der Waals surface area (Å²) in [4.78, 5) is 13.4. The Bertz CT molecular complexity index is 983. The van der Waals surface area contributed by atoms with E-state index in [1.54, 1.807) is 0 Å². The lowest BCUT2D eigenvalue weighted by molar-refractivity contribution is -0.0361. The average Bonchev–Trinajstić information content (AvgIpc) is 3.40. The van der Waals surface area contributed by atoms with Gasteiger partial charge >= 0.3 is 0 Å². The van der Waals surface area contributed by atoms with E-state index >= 15 is 0 Å². The molecule has 0 spiro atoms. The normalized spacial score (nSPS) is 20.0. The van der Waals surface area contributed by atoms with Crippen molar-refractivity contribution in [2.45, 2.75) is 62.2 Å². The predicted molar refractivity (Wildman–Crippen MR) is 106 cm³/mol. The summed E-state index contributed by atoms with van der Waals surface area (Å²) in [5.41, 5.74) is 1.27. The highest BCUT2D eigenvalue weighted by Gasteiger charge is 2.35. The minimum Gasteiger partial charge on any atom is -0.367 e. The molecule has 158 valence electrons. The molecule has 0 amide bonds. The summed E-state index contributed by atoms with van der Waals surface area (Å²) in [6.07, 6.45) is 2.53. The van der Waals surface area contributed by atoms with E-state index in [1.165, 1.54) is 17.4 Å². The van der Waals surface area contributed by atoms with Crippen LogP contribution in [0.3, 0.4) is 0 Å². The molecule has 0 atom stereocenters. The van der Waals surface area contributed by atoms with Crippen LogP contribution in [0, 0.1) is 0 Å². The lowest BCUT2D eigenvalue weighted by Crippen LogP contribution is -2.32. The smallest absolute Gasteiger partial charge is 0.272 e. The quantitative estimate of drug-likeness (QED) is 0.646. The topological polar surface area (TPSA) is 94.1 Å². The van der Waals surface area contributed by atoms with E-state index < -0.39 is 21.8 Å². The second kappa shape index (κ2) is 7.84. The molecule has 4 rings (SSSR count). The van der Waals surface area contributed by atoms with Gasteiger partial charge in [0, 0.05) is 36.2 Å². The number of thiazole rings is 1. The van der Waals surface area contributed by atoms with Crippen molar-refractivity contribution in [1.29, 1.82) is 0 Å². The summed E-state index contributed by atoms with van der Waals surface area (Å²) in [5, 5.41) is 5.76. The zero-order chi connectivity index (χ0) is 20.6. The molecule has 2 aromatic heterocycles. The third kappa shape index (κ3) is 5.26. The fourth-order valence-corrected chi connectivity index (χ4v) is 4.79. The van der Waals surface area contributed by atoms with Crippen molar-refractivity contribution in [1.82, 2.24) is 15.0 Å². The van der Waals surface area contributed by atoms with E-state index in [4.69, 9.17) is 0 Å². The number of aromatic nitrogens is 3. The molecule has 0 unspecified atom stereocenters. The Morgan fingerprint density at radius 2 is 1.93 bits per heavy atom. The van der Waals surface area contributed by atoms with Crippen LogP contribution in [-0.4, -0.2) is 42.4 Å². The number of anilines is 1. The maximum atomic E-state index is 13.4. The van der Waals surface area contributed by atoms with Gasteiger partial charge in [0.1, 0.15) is 11.6 Å². The number of hydrogen-bond acceptors (Lipinski definition) is 8. The van der Waals surface area contributed by atoms with Crippen molar-refractivity contribution in [2.24, 2.45) is 0 Å². The summed E-state index contributed by atoms with van der Waals surface area (Å²) in [7, 11) is -2.67. The molecule has 2 aliphatic rings. The van der Waals surface area contributed by atoms with Crippen molar-refractivity contribution >= 4 is 27.3 Å². The van der Waals surface area contributed by atoms with Crippen molar-refractivity contribution < 1.29 is 21.4 Å². The third-order valence-electron chi connectivity index (χ3n) is 5.14. The van der Waals surface area contributed by atoms with Gasteiger partial charge in [0.05, 0.1) is 18.5 Å². The molecule has 7 nitrogen and oxygen atoms in total. The molecule has 2 aromatic rings. The Hall–Kier alpha value is -1.72. The Balaban J connectivity index is 1.60. The van der Waals surface area contributed by atoms with Gasteiger partial charge in [-0.1, -0.05) is 0 Å². The van der Waals surface area contributed by atoms with Crippen LogP contribution in [0.4, 0.5) is 14.6 Å². The monoisotopic (exact) mass is 444 g/mol. The van der Waals surface area contributed by atoms with E-state index in [1.807, 2.05) is 5.38 Å². The first-order valence-corrected chi connectivity index (χ1v) is 12.0. The van der Waals surface area contributed by atoms with Crippen molar-refractivity contribution in [3.63, 3.8) is 0 Å². The van der Waals surface area contributed by atoms with Crippen molar-refractivity contribution in [3.05, 3.63) is 22.8 Å². The highest BCUT2D eigenvalue weighted by atomic mass is 32.2. The minimum atomic E-state index is -3.77. The van der Waals surface area contributed by atoms with Gasteiger partial charge in [0.2, 0.25) is 5.92 Å². The number of alkyl halides is 2. The highest BCUT2D eigenvalue weighted by Crippen LogP contribution is 2.41. The van der Waals surface area contributed by atoms with Crippen LogP contribution < -0.4 is 5.32 Å². The fraction of sp³-hybridized carbons (Fsp3) is 0.611. The van der Waals surface area contributed by atoms with Crippen LogP contribution in [0.25, 0.3) is 10.8 Å². The highest BCUT2D eigenvalue weighted by molar-refractivity contribution is 7.85. The molecule has 0 bridgehead atoms. The van der Waals surface area contributed by atoms with Crippen molar-refractivity contribution in [2.75, 3.05) is 12.4 Å². The van der Waals surface area contributed by atoms with Gasteiger partial charge in [-0.2, -0.15) is 8.42 Å². The van der Waals surface area contributed by atoms with Gasteiger partial charge in [-0.3, -0.25) is 4.18 Å². The van der Waals surface area contributed by atoms with E-state index in [-0.39, 0.29) is 24.6 Å². The van der Waals surface area contributed by atoms with E-state index in [0.717, 1.165) is 25.6 Å². The number of nitrogens with one attached hydrogen (secondary N) is 1. The molecule has 0 saturated heterocycles. The summed E-state index contributed by atoms with van der Waals surface area (Å²) in [6.45, 7) is 0. The summed E-state index contributed by atoms with van der Waals surface area (Å²) in [5.74, 6) is -1.80. The molecule has 2 heterocycles. The van der Waals surface area contributed by atoms with Crippen LogP contribution >= 0.6 is 11.3 Å². The Morgan fingerprint density at radius 3 is 2.59 bits per heavy atom. The molecule has 1 N–H and O–H groups in total. The number of nitrogens with zero attached hydrogens (tertiary/aromatic N) is 3. The van der Waals surface area contributed by atoms with E-state index in [2.05, 4.69) is 24.5 Å². The van der Waals surface area contributed by atoms with Crippen LogP contribution in [-0.2, 0) is 20.1 Å². The summed E-state index contributed by atoms with van der Waals surface area (Å²) < 4.78 is 55.2. The number of halogens is 2. The lowest BCUT2D eigenvalue weighted by atomic mass is 9.92. The fourth-order valence-electron chi connectivity index (χ4n) is 3.33. The van der Waals surface area contributed by atoms with Crippen molar-refractivity contribution in [3.8, 4) is 10.8 Å².